The summed E-state index contributed by atoms with van der Waals surface area (Å²) in [5.74, 6) is 0. The van der Waals surface area contributed by atoms with Gasteiger partial charge in [0.2, 0.25) is 0 Å². The molecule has 6 heteroatoms. The molecule has 0 saturated heterocycles. The van der Waals surface area contributed by atoms with Crippen LogP contribution in [0.4, 0.5) is 0 Å². The number of hydrogen-bond donors (Lipinski definition) is 4. The van der Waals surface area contributed by atoms with Gasteiger partial charge >= 0.3 is 59.1 Å². The summed E-state index contributed by atoms with van der Waals surface area (Å²) in [7, 11) is 0. The zero-order valence-electron chi connectivity index (χ0n) is 8.83. The van der Waals surface area contributed by atoms with Crippen molar-refractivity contribution in [3.63, 3.8) is 0 Å². The number of aliphatic hydroxyl groups is 2. The summed E-state index contributed by atoms with van der Waals surface area (Å²) in [6.45, 7) is 1.64. The van der Waals surface area contributed by atoms with Crippen LogP contribution in [0.2, 0.25) is 0 Å². The average molecular weight is 168 g/mol. The van der Waals surface area contributed by atoms with Crippen LogP contribution in [0.15, 0.2) is 0 Å². The topological polar surface area (TPSA) is 92.5 Å². The fraction of sp³-hybridized carbons (Fsp3) is 1.00. The first-order chi connectivity index (χ1) is 3.50. The minimum absolute atomic E-state index is 0. The van der Waals surface area contributed by atoms with Gasteiger partial charge in [0.15, 0.2) is 5.72 Å². The van der Waals surface area contributed by atoms with Crippen molar-refractivity contribution in [1.29, 1.82) is 0 Å². The maximum atomic E-state index is 8.80. The van der Waals surface area contributed by atoms with Gasteiger partial charge in [0.25, 0.3) is 0 Å². The smallest absolute Gasteiger partial charge is 1.00 e. The summed E-state index contributed by atoms with van der Waals surface area (Å²) in [4.78, 5) is 0. The van der Waals surface area contributed by atoms with Gasteiger partial charge in [-0.05, 0) is 6.42 Å². The number of rotatable bonds is 2. The van der Waals surface area contributed by atoms with Crippen molar-refractivity contribution in [3.05, 3.63) is 0 Å². The Morgan fingerprint density at radius 1 is 1.60 bits per heavy atom. The number of aliphatic hydroxyl groups excluding tert-OH is 1. The van der Waals surface area contributed by atoms with Crippen LogP contribution in [0.3, 0.4) is 0 Å². The van der Waals surface area contributed by atoms with Crippen LogP contribution in [0, 0.1) is 0 Å². The third-order valence-electron chi connectivity index (χ3n) is 1.08. The first-order valence-electron chi connectivity index (χ1n) is 2.45. The molecule has 0 rings (SSSR count). The molecule has 0 saturated carbocycles. The molecule has 2 atom stereocenters. The van der Waals surface area contributed by atoms with Gasteiger partial charge in [-0.1, -0.05) is 6.92 Å². The SMILES string of the molecule is CCC(N)(O)C(N)O.[H-].[H-].[Na+].[Na+]. The van der Waals surface area contributed by atoms with E-state index in [2.05, 4.69) is 0 Å². The normalized spacial score (nSPS) is 17.7. The molecule has 0 bridgehead atoms. The van der Waals surface area contributed by atoms with Crippen molar-refractivity contribution in [2.24, 2.45) is 11.5 Å². The minimum atomic E-state index is -1.62. The molecule has 0 aliphatic rings. The van der Waals surface area contributed by atoms with Gasteiger partial charge in [-0.25, -0.2) is 0 Å². The number of nitrogens with two attached hydrogens (primary N) is 2. The third-order valence-corrected chi connectivity index (χ3v) is 1.08. The van der Waals surface area contributed by atoms with Crippen molar-refractivity contribution in [1.82, 2.24) is 0 Å². The van der Waals surface area contributed by atoms with Gasteiger partial charge in [0.1, 0.15) is 6.23 Å². The molecule has 0 aliphatic heterocycles. The van der Waals surface area contributed by atoms with Crippen molar-refractivity contribution in [3.8, 4) is 0 Å². The van der Waals surface area contributed by atoms with Crippen LogP contribution in [0.25, 0.3) is 0 Å². The fourth-order valence-electron chi connectivity index (χ4n) is 0.209. The van der Waals surface area contributed by atoms with Crippen LogP contribution in [-0.4, -0.2) is 22.2 Å². The molecule has 0 fully saturated rings. The number of hydrogen-bond acceptors (Lipinski definition) is 4. The second-order valence-corrected chi connectivity index (χ2v) is 1.79. The molecule has 0 radical (unpaired) electrons. The van der Waals surface area contributed by atoms with Crippen LogP contribution in [-0.2, 0) is 0 Å². The van der Waals surface area contributed by atoms with Gasteiger partial charge in [-0.15, -0.1) is 0 Å². The standard InChI is InChI=1S/C4H12N2O2.2Na.2H/c1-2-4(6,8)3(5)7;;;;/h3,7-8H,2,5-6H2,1H3;;;;/q;2*+1;2*-1. The Bertz CT molecular complexity index is 87.5. The Morgan fingerprint density at radius 3 is 1.90 bits per heavy atom. The summed E-state index contributed by atoms with van der Waals surface area (Å²) in [5.41, 5.74) is 8.28. The summed E-state index contributed by atoms with van der Waals surface area (Å²) in [6, 6.07) is 0. The maximum Gasteiger partial charge on any atom is 1.00 e. The molecule has 4 nitrogen and oxygen atoms in total. The predicted octanol–water partition coefficient (Wildman–Crippen LogP) is -7.45. The zero-order chi connectivity index (χ0) is 6.78. The molecular weight excluding hydrogens is 154 g/mol. The van der Waals surface area contributed by atoms with Crippen LogP contribution in [0.1, 0.15) is 16.2 Å². The third kappa shape index (κ3) is 6.54. The van der Waals surface area contributed by atoms with E-state index in [9.17, 15) is 0 Å². The molecule has 2 unspecified atom stereocenters. The molecule has 0 spiro atoms. The van der Waals surface area contributed by atoms with E-state index in [4.69, 9.17) is 21.7 Å². The second kappa shape index (κ2) is 7.49. The van der Waals surface area contributed by atoms with E-state index in [1.54, 1.807) is 6.92 Å². The van der Waals surface area contributed by atoms with E-state index in [-0.39, 0.29) is 68.4 Å². The molecule has 0 aromatic carbocycles. The molecule has 0 aliphatic carbocycles. The Labute approximate surface area is 108 Å². The quantitative estimate of drug-likeness (QED) is 0.243. The van der Waals surface area contributed by atoms with E-state index < -0.39 is 12.0 Å². The van der Waals surface area contributed by atoms with Gasteiger partial charge < -0.3 is 24.5 Å². The second-order valence-electron chi connectivity index (χ2n) is 1.79. The molecule has 6 N–H and O–H groups in total. The van der Waals surface area contributed by atoms with Gasteiger partial charge in [-0.3, -0.25) is 0 Å². The summed E-state index contributed by atoms with van der Waals surface area (Å²) >= 11 is 0. The van der Waals surface area contributed by atoms with Crippen molar-refractivity contribution >= 4 is 0 Å². The zero-order valence-corrected chi connectivity index (χ0v) is 10.8. The largest absolute Gasteiger partial charge is 1.00 e. The van der Waals surface area contributed by atoms with Crippen molar-refractivity contribution in [2.45, 2.75) is 25.3 Å². The summed E-state index contributed by atoms with van der Waals surface area (Å²) in [6.07, 6.45) is -1.11. The molecule has 0 amide bonds. The van der Waals surface area contributed by atoms with E-state index >= 15 is 0 Å². The van der Waals surface area contributed by atoms with E-state index in [1.165, 1.54) is 0 Å². The van der Waals surface area contributed by atoms with Crippen LogP contribution in [0.5, 0.6) is 0 Å². The molecule has 0 aromatic heterocycles. The average Bonchev–Trinajstić information content (AvgIpc) is 1.67. The van der Waals surface area contributed by atoms with E-state index in [0.29, 0.717) is 0 Å². The molecule has 0 heterocycles. The monoisotopic (exact) mass is 168 g/mol. The van der Waals surface area contributed by atoms with E-state index in [1.807, 2.05) is 0 Å². The van der Waals surface area contributed by atoms with Gasteiger partial charge in [0.05, 0.1) is 0 Å². The summed E-state index contributed by atoms with van der Waals surface area (Å²) < 4.78 is 0. The Balaban J connectivity index is -0.0000000408. The molecule has 10 heavy (non-hydrogen) atoms. The predicted molar refractivity (Wildman–Crippen MR) is 31.8 cm³/mol. The minimum Gasteiger partial charge on any atom is -1.00 e. The first-order valence-corrected chi connectivity index (χ1v) is 2.45. The fourth-order valence-corrected chi connectivity index (χ4v) is 0.209. The Kier molecular flexibility index (Phi) is 13.3. The maximum absolute atomic E-state index is 8.80. The van der Waals surface area contributed by atoms with Crippen molar-refractivity contribution in [2.75, 3.05) is 0 Å². The van der Waals surface area contributed by atoms with E-state index in [0.717, 1.165) is 0 Å². The van der Waals surface area contributed by atoms with Crippen LogP contribution >= 0.6 is 0 Å². The van der Waals surface area contributed by atoms with Crippen LogP contribution < -0.4 is 70.6 Å². The summed E-state index contributed by atoms with van der Waals surface area (Å²) in [5, 5.41) is 17.3. The first kappa shape index (κ1) is 17.8. The molecule has 54 valence electrons. The van der Waals surface area contributed by atoms with Crippen molar-refractivity contribution < 1.29 is 72.2 Å². The Hall–Kier alpha value is 1.84. The molecular formula is C4H14N2Na2O2. The Morgan fingerprint density at radius 2 is 1.90 bits per heavy atom. The van der Waals surface area contributed by atoms with Gasteiger partial charge in [0, 0.05) is 0 Å². The molecule has 0 aromatic rings. The van der Waals surface area contributed by atoms with Gasteiger partial charge in [-0.2, -0.15) is 0 Å².